The molecule has 0 aromatic heterocycles. The molecule has 2 aromatic carbocycles. The zero-order valence-corrected chi connectivity index (χ0v) is 11.4. The number of hydrogen-bond acceptors (Lipinski definition) is 3. The van der Waals surface area contributed by atoms with Gasteiger partial charge in [0.2, 0.25) is 0 Å². The summed E-state index contributed by atoms with van der Waals surface area (Å²) >= 11 is 0. The summed E-state index contributed by atoms with van der Waals surface area (Å²) in [5.74, 6) is 0.0464. The van der Waals surface area contributed by atoms with Crippen LogP contribution in [0.4, 0.5) is 0 Å². The maximum absolute atomic E-state index is 12.5. The van der Waals surface area contributed by atoms with E-state index >= 15 is 0 Å². The van der Waals surface area contributed by atoms with E-state index in [1.54, 1.807) is 0 Å². The van der Waals surface area contributed by atoms with E-state index < -0.39 is 0 Å². The van der Waals surface area contributed by atoms with Crippen molar-refractivity contribution in [2.45, 2.75) is 13.0 Å². The van der Waals surface area contributed by atoms with Crippen LogP contribution in [0.5, 0.6) is 0 Å². The molecule has 0 radical (unpaired) electrons. The second-order valence-corrected chi connectivity index (χ2v) is 4.61. The Morgan fingerprint density at radius 2 is 1.70 bits per heavy atom. The van der Waals surface area contributed by atoms with E-state index in [0.717, 1.165) is 24.1 Å². The van der Waals surface area contributed by atoms with Crippen molar-refractivity contribution < 1.29 is 9.90 Å². The summed E-state index contributed by atoms with van der Waals surface area (Å²) in [7, 11) is 0. The van der Waals surface area contributed by atoms with E-state index in [1.165, 1.54) is 0 Å². The molecule has 0 aliphatic rings. The number of rotatable bonds is 7. The highest BCUT2D eigenvalue weighted by Gasteiger charge is 2.12. The summed E-state index contributed by atoms with van der Waals surface area (Å²) in [6.45, 7) is 1.55. The van der Waals surface area contributed by atoms with Crippen LogP contribution in [0, 0.1) is 0 Å². The van der Waals surface area contributed by atoms with Gasteiger partial charge in [-0.1, -0.05) is 54.6 Å². The van der Waals surface area contributed by atoms with Crippen molar-refractivity contribution in [1.29, 1.82) is 0 Å². The SMILES string of the molecule is O=C(c1ccccc1)c1ccccc1CNCCCO. The number of aliphatic hydroxyl groups excluding tert-OH is 1. The number of aliphatic hydroxyl groups is 1. The van der Waals surface area contributed by atoms with Gasteiger partial charge in [0.1, 0.15) is 0 Å². The second-order valence-electron chi connectivity index (χ2n) is 4.61. The van der Waals surface area contributed by atoms with Crippen molar-refractivity contribution in [2.24, 2.45) is 0 Å². The van der Waals surface area contributed by atoms with Gasteiger partial charge in [0.15, 0.2) is 5.78 Å². The van der Waals surface area contributed by atoms with E-state index in [0.29, 0.717) is 12.1 Å². The van der Waals surface area contributed by atoms with Gasteiger partial charge >= 0.3 is 0 Å². The predicted molar refractivity (Wildman–Crippen MR) is 79.7 cm³/mol. The molecule has 0 fully saturated rings. The number of ketones is 1. The van der Waals surface area contributed by atoms with Gasteiger partial charge in [0.25, 0.3) is 0 Å². The summed E-state index contributed by atoms with van der Waals surface area (Å²) in [5.41, 5.74) is 2.42. The molecule has 0 aliphatic heterocycles. The monoisotopic (exact) mass is 269 g/mol. The third-order valence-electron chi connectivity index (χ3n) is 3.13. The van der Waals surface area contributed by atoms with Crippen molar-refractivity contribution in [3.63, 3.8) is 0 Å². The minimum Gasteiger partial charge on any atom is -0.396 e. The summed E-state index contributed by atoms with van der Waals surface area (Å²) in [4.78, 5) is 12.5. The highest BCUT2D eigenvalue weighted by Crippen LogP contribution is 2.14. The first-order valence-corrected chi connectivity index (χ1v) is 6.82. The van der Waals surface area contributed by atoms with Gasteiger partial charge in [-0.05, 0) is 18.5 Å². The average molecular weight is 269 g/mol. The molecule has 0 bridgehead atoms. The van der Waals surface area contributed by atoms with E-state index in [-0.39, 0.29) is 12.4 Å². The predicted octanol–water partition coefficient (Wildman–Crippen LogP) is 2.39. The fourth-order valence-corrected chi connectivity index (χ4v) is 2.07. The molecule has 3 nitrogen and oxygen atoms in total. The van der Waals surface area contributed by atoms with Crippen LogP contribution in [0.3, 0.4) is 0 Å². The van der Waals surface area contributed by atoms with Gasteiger partial charge in [-0.2, -0.15) is 0 Å². The first-order chi connectivity index (χ1) is 9.83. The molecule has 2 aromatic rings. The van der Waals surface area contributed by atoms with Crippen molar-refractivity contribution in [3.05, 3.63) is 71.3 Å². The summed E-state index contributed by atoms with van der Waals surface area (Å²) < 4.78 is 0. The number of benzene rings is 2. The molecule has 0 saturated carbocycles. The number of nitrogens with one attached hydrogen (secondary N) is 1. The number of carbonyl (C=O) groups excluding carboxylic acids is 1. The Labute approximate surface area is 119 Å². The van der Waals surface area contributed by atoms with Gasteiger partial charge in [0.05, 0.1) is 0 Å². The van der Waals surface area contributed by atoms with Gasteiger partial charge in [0, 0.05) is 24.3 Å². The lowest BCUT2D eigenvalue weighted by Gasteiger charge is -2.09. The molecule has 104 valence electrons. The molecule has 0 heterocycles. The molecule has 2 N–H and O–H groups in total. The van der Waals surface area contributed by atoms with Crippen LogP contribution in [0.25, 0.3) is 0 Å². The van der Waals surface area contributed by atoms with Gasteiger partial charge in [-0.25, -0.2) is 0 Å². The molecule has 2 rings (SSSR count). The number of hydrogen-bond donors (Lipinski definition) is 2. The Bertz CT molecular complexity index is 552. The largest absolute Gasteiger partial charge is 0.396 e. The highest BCUT2D eigenvalue weighted by molar-refractivity contribution is 6.09. The molecule has 3 heteroatoms. The molecule has 20 heavy (non-hydrogen) atoms. The third-order valence-corrected chi connectivity index (χ3v) is 3.13. The number of carbonyl (C=O) groups is 1. The van der Waals surface area contributed by atoms with Crippen LogP contribution in [0.1, 0.15) is 27.9 Å². The molecule has 0 aliphatic carbocycles. The quantitative estimate of drug-likeness (QED) is 0.599. The van der Waals surface area contributed by atoms with Crippen LogP contribution >= 0.6 is 0 Å². The summed E-state index contributed by atoms with van der Waals surface area (Å²) in [6.07, 6.45) is 0.717. The first-order valence-electron chi connectivity index (χ1n) is 6.82. The summed E-state index contributed by atoms with van der Waals surface area (Å²) in [5, 5.41) is 12.0. The lowest BCUT2D eigenvalue weighted by Crippen LogP contribution is -2.18. The molecule has 0 saturated heterocycles. The third kappa shape index (κ3) is 3.76. The molecule has 0 amide bonds. The van der Waals surface area contributed by atoms with E-state index in [4.69, 9.17) is 5.11 Å². The van der Waals surface area contributed by atoms with Crippen LogP contribution in [-0.4, -0.2) is 24.0 Å². The Morgan fingerprint density at radius 3 is 2.45 bits per heavy atom. The van der Waals surface area contributed by atoms with E-state index in [9.17, 15) is 4.79 Å². The Balaban J connectivity index is 2.13. The fourth-order valence-electron chi connectivity index (χ4n) is 2.07. The van der Waals surface area contributed by atoms with Crippen molar-refractivity contribution in [3.8, 4) is 0 Å². The minimum atomic E-state index is 0.0464. The van der Waals surface area contributed by atoms with Crippen LogP contribution in [0.2, 0.25) is 0 Å². The van der Waals surface area contributed by atoms with Gasteiger partial charge in [-0.15, -0.1) is 0 Å². The average Bonchev–Trinajstić information content (AvgIpc) is 2.52. The maximum atomic E-state index is 12.5. The molecule has 0 spiro atoms. The zero-order chi connectivity index (χ0) is 14.2. The van der Waals surface area contributed by atoms with Gasteiger partial charge in [-0.3, -0.25) is 4.79 Å². The molecule has 0 atom stereocenters. The zero-order valence-electron chi connectivity index (χ0n) is 11.4. The Hall–Kier alpha value is -1.97. The lowest BCUT2D eigenvalue weighted by atomic mass is 9.98. The maximum Gasteiger partial charge on any atom is 0.193 e. The normalized spacial score (nSPS) is 10.4. The fraction of sp³-hybridized carbons (Fsp3) is 0.235. The van der Waals surface area contributed by atoms with Gasteiger partial charge < -0.3 is 10.4 Å². The van der Waals surface area contributed by atoms with Crippen molar-refractivity contribution in [1.82, 2.24) is 5.32 Å². The molecular weight excluding hydrogens is 250 g/mol. The van der Waals surface area contributed by atoms with Crippen molar-refractivity contribution >= 4 is 5.78 Å². The first kappa shape index (κ1) is 14.4. The second kappa shape index (κ2) is 7.58. The van der Waals surface area contributed by atoms with Crippen molar-refractivity contribution in [2.75, 3.05) is 13.2 Å². The lowest BCUT2D eigenvalue weighted by molar-refractivity contribution is 0.103. The molecular formula is C17H19NO2. The van der Waals surface area contributed by atoms with E-state index in [1.807, 2.05) is 54.6 Å². The Kier molecular flexibility index (Phi) is 5.47. The topological polar surface area (TPSA) is 49.3 Å². The smallest absolute Gasteiger partial charge is 0.193 e. The molecule has 0 unspecified atom stereocenters. The van der Waals surface area contributed by atoms with E-state index in [2.05, 4.69) is 5.32 Å². The highest BCUT2D eigenvalue weighted by atomic mass is 16.3. The standard InChI is InChI=1S/C17H19NO2/c19-12-6-11-18-13-15-9-4-5-10-16(15)17(20)14-7-2-1-3-8-14/h1-5,7-10,18-19H,6,11-13H2. The summed E-state index contributed by atoms with van der Waals surface area (Å²) in [6, 6.07) is 16.9. The van der Waals surface area contributed by atoms with Crippen LogP contribution in [0.15, 0.2) is 54.6 Å². The van der Waals surface area contributed by atoms with Crippen LogP contribution in [-0.2, 0) is 6.54 Å². The van der Waals surface area contributed by atoms with Crippen LogP contribution < -0.4 is 5.32 Å². The Morgan fingerprint density at radius 1 is 1.00 bits per heavy atom. The minimum absolute atomic E-state index is 0.0464.